The van der Waals surface area contributed by atoms with E-state index in [1.807, 2.05) is 83.6 Å². The van der Waals surface area contributed by atoms with Gasteiger partial charge in [-0.25, -0.2) is 0 Å². The lowest BCUT2D eigenvalue weighted by atomic mass is 10.1. The van der Waals surface area contributed by atoms with Crippen molar-refractivity contribution in [2.24, 2.45) is 0 Å². The number of hydrogen-bond acceptors (Lipinski definition) is 6. The van der Waals surface area contributed by atoms with Crippen LogP contribution in [0.5, 0.6) is 5.75 Å². The Balaban J connectivity index is 1.30. The number of methoxy groups -OCH3 is 1. The molecule has 1 aromatic heterocycles. The second kappa shape index (κ2) is 14.9. The van der Waals surface area contributed by atoms with Gasteiger partial charge in [-0.05, 0) is 82.6 Å². The molecule has 1 heterocycles. The van der Waals surface area contributed by atoms with Gasteiger partial charge < -0.3 is 20.7 Å². The summed E-state index contributed by atoms with van der Waals surface area (Å²) in [6, 6.07) is 34.6. The van der Waals surface area contributed by atoms with E-state index in [4.69, 9.17) is 4.74 Å². The lowest BCUT2D eigenvalue weighted by Gasteiger charge is -2.18. The molecule has 3 amide bonds. The molecule has 44 heavy (non-hydrogen) atoms. The standard InChI is InChI=1S/C35H29N3O4S2/c1-42-29-14-8-13-28(22-29)37-35(41)32(25-9-4-2-5-10-25)44-30-17-15-27(16-18-30)36-34(40)31(21-24-19-20-43-23-24)38-33(39)26-11-6-3-7-12-26/h2-23,32H,1H3,(H,36,40)(H,37,41)(H,38,39)/b31-21-. The number of anilines is 2. The summed E-state index contributed by atoms with van der Waals surface area (Å²) in [4.78, 5) is 40.4. The highest BCUT2D eigenvalue weighted by molar-refractivity contribution is 8.00. The molecule has 0 spiro atoms. The number of rotatable bonds is 11. The first-order chi connectivity index (χ1) is 21.5. The third-order valence-electron chi connectivity index (χ3n) is 6.43. The van der Waals surface area contributed by atoms with Crippen molar-refractivity contribution in [2.45, 2.75) is 10.1 Å². The number of thioether (sulfide) groups is 1. The molecule has 0 aliphatic heterocycles. The molecular weight excluding hydrogens is 591 g/mol. The van der Waals surface area contributed by atoms with Crippen LogP contribution in [0.1, 0.15) is 26.7 Å². The van der Waals surface area contributed by atoms with Gasteiger partial charge in [0.15, 0.2) is 0 Å². The van der Waals surface area contributed by atoms with Gasteiger partial charge in [0.2, 0.25) is 5.91 Å². The van der Waals surface area contributed by atoms with E-state index in [9.17, 15) is 14.4 Å². The van der Waals surface area contributed by atoms with Crippen molar-refractivity contribution < 1.29 is 19.1 Å². The Morgan fingerprint density at radius 2 is 1.52 bits per heavy atom. The van der Waals surface area contributed by atoms with Gasteiger partial charge in [0, 0.05) is 27.9 Å². The highest BCUT2D eigenvalue weighted by Gasteiger charge is 2.23. The number of amides is 3. The Bertz CT molecular complexity index is 1740. The van der Waals surface area contributed by atoms with Crippen LogP contribution in [0.4, 0.5) is 11.4 Å². The maximum Gasteiger partial charge on any atom is 0.272 e. The average molecular weight is 620 g/mol. The fourth-order valence-electron chi connectivity index (χ4n) is 4.23. The molecule has 220 valence electrons. The van der Waals surface area contributed by atoms with Crippen LogP contribution in [0.3, 0.4) is 0 Å². The van der Waals surface area contributed by atoms with Crippen molar-refractivity contribution in [3.8, 4) is 5.75 Å². The highest BCUT2D eigenvalue weighted by atomic mass is 32.2. The predicted molar refractivity (Wildman–Crippen MR) is 178 cm³/mol. The minimum atomic E-state index is -0.531. The quantitative estimate of drug-likeness (QED) is 0.104. The maximum absolute atomic E-state index is 13.5. The molecule has 3 N–H and O–H groups in total. The average Bonchev–Trinajstić information content (AvgIpc) is 3.58. The molecule has 0 aliphatic carbocycles. The first kappa shape index (κ1) is 30.3. The van der Waals surface area contributed by atoms with E-state index in [1.54, 1.807) is 55.7 Å². The van der Waals surface area contributed by atoms with E-state index < -0.39 is 11.2 Å². The van der Waals surface area contributed by atoms with Gasteiger partial charge in [-0.15, -0.1) is 11.8 Å². The van der Waals surface area contributed by atoms with Crippen molar-refractivity contribution in [1.82, 2.24) is 5.32 Å². The van der Waals surface area contributed by atoms with Gasteiger partial charge >= 0.3 is 0 Å². The topological polar surface area (TPSA) is 96.5 Å². The summed E-state index contributed by atoms with van der Waals surface area (Å²) in [7, 11) is 1.58. The summed E-state index contributed by atoms with van der Waals surface area (Å²) >= 11 is 2.89. The van der Waals surface area contributed by atoms with Gasteiger partial charge in [-0.2, -0.15) is 11.3 Å². The predicted octanol–water partition coefficient (Wildman–Crippen LogP) is 7.64. The largest absolute Gasteiger partial charge is 0.497 e. The number of benzene rings is 4. The molecule has 4 aromatic carbocycles. The van der Waals surface area contributed by atoms with Crippen LogP contribution in [0, 0.1) is 0 Å². The Labute approximate surface area is 264 Å². The van der Waals surface area contributed by atoms with Gasteiger partial charge in [-0.3, -0.25) is 14.4 Å². The molecule has 9 heteroatoms. The van der Waals surface area contributed by atoms with Gasteiger partial charge in [0.25, 0.3) is 11.8 Å². The van der Waals surface area contributed by atoms with E-state index in [-0.39, 0.29) is 17.5 Å². The maximum atomic E-state index is 13.5. The Morgan fingerprint density at radius 1 is 0.795 bits per heavy atom. The van der Waals surface area contributed by atoms with Crippen LogP contribution < -0.4 is 20.7 Å². The van der Waals surface area contributed by atoms with E-state index in [1.165, 1.54) is 23.1 Å². The van der Waals surface area contributed by atoms with Crippen molar-refractivity contribution in [3.05, 3.63) is 148 Å². The molecule has 7 nitrogen and oxygen atoms in total. The van der Waals surface area contributed by atoms with E-state index in [2.05, 4.69) is 16.0 Å². The summed E-state index contributed by atoms with van der Waals surface area (Å²) in [6.45, 7) is 0. The fraction of sp³-hybridized carbons (Fsp3) is 0.0571. The molecule has 0 saturated carbocycles. The van der Waals surface area contributed by atoms with Crippen LogP contribution in [0.25, 0.3) is 6.08 Å². The van der Waals surface area contributed by atoms with Gasteiger partial charge in [0.05, 0.1) is 7.11 Å². The van der Waals surface area contributed by atoms with E-state index in [0.29, 0.717) is 22.7 Å². The van der Waals surface area contributed by atoms with Crippen LogP contribution in [-0.2, 0) is 9.59 Å². The number of nitrogens with one attached hydrogen (secondary N) is 3. The smallest absolute Gasteiger partial charge is 0.272 e. The number of thiophene rings is 1. The second-order valence-electron chi connectivity index (χ2n) is 9.54. The van der Waals surface area contributed by atoms with Crippen LogP contribution in [0.15, 0.2) is 137 Å². The number of ether oxygens (including phenoxy) is 1. The molecule has 0 fully saturated rings. The zero-order valence-electron chi connectivity index (χ0n) is 23.7. The molecule has 0 aliphatic rings. The zero-order valence-corrected chi connectivity index (χ0v) is 25.4. The summed E-state index contributed by atoms with van der Waals surface area (Å²) in [5.41, 5.74) is 3.41. The van der Waals surface area contributed by atoms with Crippen molar-refractivity contribution in [2.75, 3.05) is 17.7 Å². The SMILES string of the molecule is COc1cccc(NC(=O)C(Sc2ccc(NC(=O)/C(=C/c3ccsc3)NC(=O)c3ccccc3)cc2)c2ccccc2)c1. The number of carbonyl (C=O) groups excluding carboxylic acids is 3. The monoisotopic (exact) mass is 619 g/mol. The first-order valence-electron chi connectivity index (χ1n) is 13.7. The molecule has 1 atom stereocenters. The lowest BCUT2D eigenvalue weighted by Crippen LogP contribution is -2.30. The van der Waals surface area contributed by atoms with Crippen LogP contribution in [0.2, 0.25) is 0 Å². The fourth-order valence-corrected chi connectivity index (χ4v) is 5.87. The first-order valence-corrected chi connectivity index (χ1v) is 15.5. The Hall–Kier alpha value is -5.12. The molecule has 5 rings (SSSR count). The molecule has 0 saturated heterocycles. The van der Waals surface area contributed by atoms with Gasteiger partial charge in [-0.1, -0.05) is 54.6 Å². The number of hydrogen-bond donors (Lipinski definition) is 3. The third-order valence-corrected chi connectivity index (χ3v) is 8.39. The van der Waals surface area contributed by atoms with E-state index in [0.717, 1.165) is 16.0 Å². The number of carbonyl (C=O) groups is 3. The Kier molecular flexibility index (Phi) is 10.2. The Morgan fingerprint density at radius 3 is 2.20 bits per heavy atom. The molecule has 0 radical (unpaired) electrons. The molecule has 0 bridgehead atoms. The zero-order chi connectivity index (χ0) is 30.7. The molecule has 1 unspecified atom stereocenters. The minimum Gasteiger partial charge on any atom is -0.497 e. The highest BCUT2D eigenvalue weighted by Crippen LogP contribution is 2.37. The summed E-state index contributed by atoms with van der Waals surface area (Å²) in [6.07, 6.45) is 1.64. The van der Waals surface area contributed by atoms with Gasteiger partial charge in [0.1, 0.15) is 16.7 Å². The molecule has 5 aromatic rings. The van der Waals surface area contributed by atoms with Crippen molar-refractivity contribution in [1.29, 1.82) is 0 Å². The summed E-state index contributed by atoms with van der Waals surface area (Å²) < 4.78 is 5.29. The lowest BCUT2D eigenvalue weighted by molar-refractivity contribution is -0.116. The van der Waals surface area contributed by atoms with Crippen molar-refractivity contribution in [3.63, 3.8) is 0 Å². The minimum absolute atomic E-state index is 0.119. The summed E-state index contributed by atoms with van der Waals surface area (Å²) in [5, 5.41) is 11.9. The third kappa shape index (κ3) is 8.25. The van der Waals surface area contributed by atoms with E-state index >= 15 is 0 Å². The van der Waals surface area contributed by atoms with Crippen molar-refractivity contribution >= 4 is 58.3 Å². The summed E-state index contributed by atoms with van der Waals surface area (Å²) in [5.74, 6) is -0.365. The van der Waals surface area contributed by atoms with Crippen LogP contribution >= 0.6 is 23.1 Å². The van der Waals surface area contributed by atoms with Crippen LogP contribution in [-0.4, -0.2) is 24.8 Å². The molecular formula is C35H29N3O4S2. The second-order valence-corrected chi connectivity index (χ2v) is 11.5. The normalized spacial score (nSPS) is 11.7.